The van der Waals surface area contributed by atoms with Gasteiger partial charge in [0.25, 0.3) is 0 Å². The van der Waals surface area contributed by atoms with Crippen LogP contribution < -0.4 is 0 Å². The minimum atomic E-state index is -1.48. The highest BCUT2D eigenvalue weighted by Crippen LogP contribution is 2.39. The Kier molecular flexibility index (Phi) is 3.05. The molecule has 1 aliphatic heterocycles. The average molecular weight is 231 g/mol. The molecule has 1 rings (SSSR count). The fraction of sp³-hybridized carbons (Fsp3) is 1.00. The standard InChI is InChI=1S/C10H25NOSi2/c1-10(2)8-9-14(7,11(3)4)13(5,6)12-10/h8-9H2,1-7H3. The van der Waals surface area contributed by atoms with Crippen LogP contribution in [0.5, 0.6) is 0 Å². The second-order valence-electron chi connectivity index (χ2n) is 6.04. The van der Waals surface area contributed by atoms with E-state index in [0.29, 0.717) is 0 Å². The Labute approximate surface area is 90.6 Å². The van der Waals surface area contributed by atoms with Crippen LogP contribution in [0.4, 0.5) is 0 Å². The maximum absolute atomic E-state index is 6.40. The summed E-state index contributed by atoms with van der Waals surface area (Å²) in [4.78, 5) is 0. The molecule has 0 N–H and O–H groups in total. The Morgan fingerprint density at radius 1 is 1.14 bits per heavy atom. The largest absolute Gasteiger partial charge is 0.414 e. The molecule has 0 aromatic heterocycles. The molecule has 1 fully saturated rings. The smallest absolute Gasteiger partial charge is 0.192 e. The van der Waals surface area contributed by atoms with E-state index in [1.807, 2.05) is 0 Å². The van der Waals surface area contributed by atoms with Crippen molar-refractivity contribution in [3.8, 4) is 0 Å². The third-order valence-corrected chi connectivity index (χ3v) is 21.1. The van der Waals surface area contributed by atoms with E-state index in [4.69, 9.17) is 4.43 Å². The van der Waals surface area contributed by atoms with Gasteiger partial charge in [-0.2, -0.15) is 0 Å². The van der Waals surface area contributed by atoms with E-state index in [-0.39, 0.29) is 5.60 Å². The molecular weight excluding hydrogens is 206 g/mol. The molecule has 0 saturated carbocycles. The highest BCUT2D eigenvalue weighted by molar-refractivity contribution is 7.37. The van der Waals surface area contributed by atoms with Crippen molar-refractivity contribution in [2.24, 2.45) is 0 Å². The van der Waals surface area contributed by atoms with Crippen LogP contribution in [0.3, 0.4) is 0 Å². The molecule has 2 nitrogen and oxygen atoms in total. The Hall–Kier alpha value is 0.354. The van der Waals surface area contributed by atoms with Gasteiger partial charge in [-0.15, -0.1) is 0 Å². The molecule has 0 aliphatic carbocycles. The van der Waals surface area contributed by atoms with Crippen LogP contribution in [0.15, 0.2) is 0 Å². The second-order valence-corrected chi connectivity index (χ2v) is 20.1. The van der Waals surface area contributed by atoms with Crippen molar-refractivity contribution < 1.29 is 4.43 Å². The van der Waals surface area contributed by atoms with Gasteiger partial charge < -0.3 is 8.99 Å². The SMILES string of the molecule is CN(C)[Si]1(C)CCC(C)(C)O[Si]1(C)C. The van der Waals surface area contributed by atoms with Gasteiger partial charge in [-0.1, -0.05) is 6.55 Å². The van der Waals surface area contributed by atoms with Crippen LogP contribution in [0.2, 0.25) is 25.7 Å². The Bertz CT molecular complexity index is 228. The quantitative estimate of drug-likeness (QED) is 0.643. The van der Waals surface area contributed by atoms with Crippen LogP contribution in [-0.4, -0.2) is 39.8 Å². The molecule has 0 radical (unpaired) electrons. The van der Waals surface area contributed by atoms with Crippen molar-refractivity contribution in [3.63, 3.8) is 0 Å². The van der Waals surface area contributed by atoms with Gasteiger partial charge in [0, 0.05) is 0 Å². The number of hydrogen-bond donors (Lipinski definition) is 0. The first-order valence-electron chi connectivity index (χ1n) is 5.48. The molecule has 84 valence electrons. The summed E-state index contributed by atoms with van der Waals surface area (Å²) in [5.74, 6) is 0. The zero-order chi connectivity index (χ0) is 11.2. The zero-order valence-corrected chi connectivity index (χ0v) is 12.8. The van der Waals surface area contributed by atoms with Crippen molar-refractivity contribution in [1.29, 1.82) is 0 Å². The number of nitrogens with zero attached hydrogens (tertiary/aromatic N) is 1. The lowest BCUT2D eigenvalue weighted by atomic mass is 10.1. The summed E-state index contributed by atoms with van der Waals surface area (Å²) < 4.78 is 8.89. The van der Waals surface area contributed by atoms with Crippen LogP contribution >= 0.6 is 0 Å². The van der Waals surface area contributed by atoms with Crippen molar-refractivity contribution in [2.45, 2.75) is 51.6 Å². The lowest BCUT2D eigenvalue weighted by Gasteiger charge is -2.53. The molecule has 1 aliphatic rings. The number of rotatable bonds is 1. The Balaban J connectivity index is 2.93. The van der Waals surface area contributed by atoms with Gasteiger partial charge in [0.2, 0.25) is 0 Å². The fourth-order valence-electron chi connectivity index (χ4n) is 2.46. The van der Waals surface area contributed by atoms with Gasteiger partial charge >= 0.3 is 0 Å². The second kappa shape index (κ2) is 3.44. The van der Waals surface area contributed by atoms with Crippen molar-refractivity contribution in [3.05, 3.63) is 0 Å². The van der Waals surface area contributed by atoms with Crippen LogP contribution in [0.1, 0.15) is 20.3 Å². The minimum Gasteiger partial charge on any atom is -0.414 e. The molecule has 1 unspecified atom stereocenters. The highest BCUT2D eigenvalue weighted by Gasteiger charge is 2.54. The first-order valence-corrected chi connectivity index (χ1v) is 12.0. The minimum absolute atomic E-state index is 0.123. The van der Waals surface area contributed by atoms with E-state index in [9.17, 15) is 0 Å². The molecular formula is C10H25NOSi2. The summed E-state index contributed by atoms with van der Waals surface area (Å²) in [6.07, 6.45) is 1.23. The molecule has 0 aromatic carbocycles. The molecule has 0 aromatic rings. The monoisotopic (exact) mass is 231 g/mol. The topological polar surface area (TPSA) is 12.5 Å². The fourth-order valence-corrected chi connectivity index (χ4v) is 14.3. The van der Waals surface area contributed by atoms with Crippen molar-refractivity contribution in [2.75, 3.05) is 14.1 Å². The van der Waals surface area contributed by atoms with E-state index < -0.39 is 15.6 Å². The maximum Gasteiger partial charge on any atom is 0.192 e. The van der Waals surface area contributed by atoms with Gasteiger partial charge in [-0.25, -0.2) is 0 Å². The van der Waals surface area contributed by atoms with Gasteiger partial charge in [-0.3, -0.25) is 0 Å². The van der Waals surface area contributed by atoms with E-state index >= 15 is 0 Å². The number of hydrogen-bond acceptors (Lipinski definition) is 2. The average Bonchev–Trinajstić information content (AvgIpc) is 1.95. The predicted molar refractivity (Wildman–Crippen MR) is 67.4 cm³/mol. The third-order valence-electron chi connectivity index (χ3n) is 4.03. The van der Waals surface area contributed by atoms with Crippen molar-refractivity contribution >= 4 is 15.6 Å². The normalized spacial score (nSPS) is 36.0. The van der Waals surface area contributed by atoms with Crippen molar-refractivity contribution in [1.82, 2.24) is 4.57 Å². The van der Waals surface area contributed by atoms with E-state index in [1.54, 1.807) is 0 Å². The van der Waals surface area contributed by atoms with Crippen LogP contribution in [0, 0.1) is 0 Å². The molecule has 0 amide bonds. The molecule has 0 spiro atoms. The summed E-state index contributed by atoms with van der Waals surface area (Å²) in [5, 5.41) is 0. The third kappa shape index (κ3) is 1.98. The summed E-state index contributed by atoms with van der Waals surface area (Å²) in [7, 11) is 1.72. The molecule has 1 heterocycles. The first kappa shape index (κ1) is 12.4. The molecule has 1 saturated heterocycles. The Morgan fingerprint density at radius 2 is 1.64 bits per heavy atom. The first-order chi connectivity index (χ1) is 6.11. The van der Waals surface area contributed by atoms with Gasteiger partial charge in [-0.05, 0) is 53.5 Å². The zero-order valence-electron chi connectivity index (χ0n) is 10.8. The van der Waals surface area contributed by atoms with Crippen LogP contribution in [-0.2, 0) is 4.43 Å². The lowest BCUT2D eigenvalue weighted by molar-refractivity contribution is 0.0910. The van der Waals surface area contributed by atoms with E-state index in [2.05, 4.69) is 52.1 Å². The summed E-state index contributed by atoms with van der Waals surface area (Å²) in [5.41, 5.74) is 0.123. The summed E-state index contributed by atoms with van der Waals surface area (Å²) in [6.45, 7) is 11.8. The van der Waals surface area contributed by atoms with Gasteiger partial charge in [0.05, 0.1) is 5.60 Å². The summed E-state index contributed by atoms with van der Waals surface area (Å²) >= 11 is 0. The van der Waals surface area contributed by atoms with Gasteiger partial charge in [0.15, 0.2) is 7.83 Å². The molecule has 1 atom stereocenters. The van der Waals surface area contributed by atoms with E-state index in [1.165, 1.54) is 12.5 Å². The van der Waals surface area contributed by atoms with Crippen LogP contribution in [0.25, 0.3) is 0 Å². The summed E-state index contributed by atoms with van der Waals surface area (Å²) in [6, 6.07) is 1.40. The maximum atomic E-state index is 6.40. The Morgan fingerprint density at radius 3 is 2.00 bits per heavy atom. The van der Waals surface area contributed by atoms with Gasteiger partial charge in [0.1, 0.15) is 7.75 Å². The predicted octanol–water partition coefficient (Wildman–Crippen LogP) is 2.61. The lowest BCUT2D eigenvalue weighted by Crippen LogP contribution is -2.72. The molecule has 4 heteroatoms. The molecule has 0 bridgehead atoms. The van der Waals surface area contributed by atoms with E-state index in [0.717, 1.165) is 0 Å². The highest BCUT2D eigenvalue weighted by atomic mass is 29.3. The molecule has 14 heavy (non-hydrogen) atoms.